The third kappa shape index (κ3) is 10.0. The Kier molecular flexibility index (Phi) is 14.2. The van der Waals surface area contributed by atoms with Gasteiger partial charge in [-0.25, -0.2) is 16.8 Å². The van der Waals surface area contributed by atoms with Gasteiger partial charge >= 0.3 is 64.8 Å². The number of aromatic hydroxyl groups is 3. The normalized spacial score (nSPS) is 11.8. The van der Waals surface area contributed by atoms with E-state index in [0.717, 1.165) is 36.4 Å². The van der Waals surface area contributed by atoms with Crippen molar-refractivity contribution in [1.29, 1.82) is 0 Å². The maximum atomic E-state index is 12.2. The van der Waals surface area contributed by atoms with Gasteiger partial charge in [0.1, 0.15) is 48.8 Å². The molecule has 0 amide bonds. The number of nitro groups is 3. The van der Waals surface area contributed by atoms with Gasteiger partial charge in [-0.2, -0.15) is 5.11 Å². The Hall–Kier alpha value is -5.62. The standard InChI is InChI=1S/C28H18N10O15S2.2Na/c29-25-17(5-6-21(39)27(25)35-33-19-7-14(37(44)45)8-20(28(19)41)38(46)47)31-32-18-10-15(54(48,49)50)9-16-24(18)22(40)11-23(55(51,52)53)26(16)34-30-12-1-3-13(4-2-12)36(42)43;;/h1-11,39-41H,29H2,(H,48,49,50)(H,51,52,53);;/q;2*+1/p-2. The quantitative estimate of drug-likeness (QED) is 0.0347. The summed E-state index contributed by atoms with van der Waals surface area (Å²) in [7, 11) is -10.9. The number of hydrogen-bond acceptors (Lipinski definition) is 22. The number of nitro benzene ring substituents is 3. The largest absolute Gasteiger partial charge is 1.00 e. The predicted molar refractivity (Wildman–Crippen MR) is 181 cm³/mol. The molecular formula is C28H16N10Na2O15S2. The minimum atomic E-state index is -5.52. The summed E-state index contributed by atoms with van der Waals surface area (Å²) in [6, 6.07) is 8.84. The Labute approximate surface area is 360 Å². The van der Waals surface area contributed by atoms with Crippen LogP contribution >= 0.6 is 0 Å². The number of anilines is 1. The van der Waals surface area contributed by atoms with E-state index < -0.39 is 118 Å². The van der Waals surface area contributed by atoms with Gasteiger partial charge in [0.15, 0.2) is 5.69 Å². The predicted octanol–water partition coefficient (Wildman–Crippen LogP) is 0.326. The number of phenolic OH excluding ortho intramolecular Hbond substituents is 3. The van der Waals surface area contributed by atoms with Crippen LogP contribution in [0.5, 0.6) is 17.2 Å². The van der Waals surface area contributed by atoms with E-state index in [-0.39, 0.29) is 70.5 Å². The van der Waals surface area contributed by atoms with E-state index in [1.807, 2.05) is 0 Å². The Bertz CT molecular complexity index is 2810. The Morgan fingerprint density at radius 3 is 1.72 bits per heavy atom. The first kappa shape index (κ1) is 45.8. The van der Waals surface area contributed by atoms with Crippen LogP contribution in [0.1, 0.15) is 0 Å². The molecular weight excluding hydrogens is 826 g/mol. The molecule has 282 valence electrons. The molecule has 0 aromatic heterocycles. The number of phenols is 3. The molecule has 5 aromatic carbocycles. The summed E-state index contributed by atoms with van der Waals surface area (Å²) in [5.41, 5.74) is -0.321. The third-order valence-corrected chi connectivity index (χ3v) is 8.81. The summed E-state index contributed by atoms with van der Waals surface area (Å²) in [6.45, 7) is 0. The molecule has 0 atom stereocenters. The van der Waals surface area contributed by atoms with E-state index in [1.165, 1.54) is 0 Å². The van der Waals surface area contributed by atoms with Crippen molar-refractivity contribution >= 4 is 87.9 Å². The van der Waals surface area contributed by atoms with Gasteiger partial charge < -0.3 is 30.2 Å². The van der Waals surface area contributed by atoms with E-state index in [1.54, 1.807) is 0 Å². The number of hydrogen-bond donors (Lipinski definition) is 4. The number of fused-ring (bicyclic) bond motifs is 1. The molecule has 0 saturated carbocycles. The fraction of sp³-hybridized carbons (Fsp3) is 0. The Balaban J connectivity index is 0.00000435. The molecule has 0 aliphatic rings. The second kappa shape index (κ2) is 17.7. The number of rotatable bonds is 11. The van der Waals surface area contributed by atoms with Crippen molar-refractivity contribution < 1.29 is 115 Å². The van der Waals surface area contributed by atoms with Gasteiger partial charge in [0.05, 0.1) is 53.1 Å². The number of nitrogens with zero attached hydrogens (tertiary/aromatic N) is 9. The number of non-ortho nitro benzene ring substituents is 2. The van der Waals surface area contributed by atoms with Crippen LogP contribution in [-0.4, -0.2) is 56.0 Å². The molecule has 57 heavy (non-hydrogen) atoms. The van der Waals surface area contributed by atoms with Crippen LogP contribution in [0.4, 0.5) is 56.9 Å². The van der Waals surface area contributed by atoms with Gasteiger partial charge in [0.25, 0.3) is 11.4 Å². The summed E-state index contributed by atoms with van der Waals surface area (Å²) < 4.78 is 73.2. The zero-order valence-electron chi connectivity index (χ0n) is 28.5. The first-order valence-corrected chi connectivity index (χ1v) is 17.0. The van der Waals surface area contributed by atoms with Crippen LogP contribution in [0.2, 0.25) is 0 Å². The van der Waals surface area contributed by atoms with Crippen LogP contribution in [0.3, 0.4) is 0 Å². The van der Waals surface area contributed by atoms with E-state index in [9.17, 15) is 71.6 Å². The van der Waals surface area contributed by atoms with Crippen LogP contribution in [-0.2, 0) is 20.2 Å². The Morgan fingerprint density at radius 1 is 0.579 bits per heavy atom. The molecule has 0 fully saturated rings. The molecule has 0 radical (unpaired) electrons. The topological polar surface area (TPSA) is 405 Å². The molecule has 0 bridgehead atoms. The van der Waals surface area contributed by atoms with Gasteiger partial charge in [0.2, 0.25) is 5.75 Å². The van der Waals surface area contributed by atoms with Crippen molar-refractivity contribution in [2.45, 2.75) is 9.79 Å². The van der Waals surface area contributed by atoms with Gasteiger partial charge in [-0.1, -0.05) is 0 Å². The molecule has 5 N–H and O–H groups in total. The maximum Gasteiger partial charge on any atom is 1.00 e. The molecule has 5 aromatic rings. The molecule has 0 aliphatic carbocycles. The van der Waals surface area contributed by atoms with E-state index in [4.69, 9.17) is 5.73 Å². The molecule has 0 spiro atoms. The molecule has 25 nitrogen and oxygen atoms in total. The second-order valence-corrected chi connectivity index (χ2v) is 13.3. The first-order valence-electron chi connectivity index (χ1n) is 14.2. The monoisotopic (exact) mass is 842 g/mol. The number of nitrogen functional groups attached to an aromatic ring is 1. The van der Waals surface area contributed by atoms with E-state index >= 15 is 0 Å². The van der Waals surface area contributed by atoms with Crippen LogP contribution in [0.25, 0.3) is 10.8 Å². The summed E-state index contributed by atoms with van der Waals surface area (Å²) in [5, 5.41) is 86.0. The molecule has 29 heteroatoms. The zero-order chi connectivity index (χ0) is 40.6. The minimum Gasteiger partial charge on any atom is -0.744 e. The average molecular weight is 843 g/mol. The van der Waals surface area contributed by atoms with Crippen molar-refractivity contribution in [1.82, 2.24) is 0 Å². The van der Waals surface area contributed by atoms with Gasteiger partial charge in [0, 0.05) is 29.7 Å². The SMILES string of the molecule is Nc1c(N=Nc2cc(S(=O)(=O)[O-])cc3c(N=Nc4ccc([N+](=O)[O-])cc4)c(S(=O)(=O)[O-])cc(O)c23)ccc(O)c1N=Nc1cc([N+](=O)[O-])cc([N+](=O)[O-])c1O.[Na+].[Na+]. The second-order valence-electron chi connectivity index (χ2n) is 10.6. The van der Waals surface area contributed by atoms with Crippen molar-refractivity contribution in [2.24, 2.45) is 30.7 Å². The van der Waals surface area contributed by atoms with Crippen molar-refractivity contribution in [3.8, 4) is 17.2 Å². The van der Waals surface area contributed by atoms with Gasteiger partial charge in [-0.05, 0) is 36.4 Å². The van der Waals surface area contributed by atoms with Crippen LogP contribution in [0.15, 0.2) is 107 Å². The summed E-state index contributed by atoms with van der Waals surface area (Å²) in [6.07, 6.45) is 0. The van der Waals surface area contributed by atoms with Crippen molar-refractivity contribution in [3.05, 3.63) is 97.1 Å². The molecule has 0 heterocycles. The average Bonchev–Trinajstić information content (AvgIpc) is 3.10. The van der Waals surface area contributed by atoms with Crippen LogP contribution in [0, 0.1) is 30.3 Å². The number of nitrogens with two attached hydrogens (primary N) is 1. The fourth-order valence-electron chi connectivity index (χ4n) is 4.62. The van der Waals surface area contributed by atoms with Gasteiger partial charge in [-0.3, -0.25) is 30.3 Å². The first-order chi connectivity index (χ1) is 25.7. The molecule has 0 unspecified atom stereocenters. The number of azo groups is 3. The zero-order valence-corrected chi connectivity index (χ0v) is 34.1. The number of benzene rings is 5. The Morgan fingerprint density at radius 2 is 1.16 bits per heavy atom. The summed E-state index contributed by atoms with van der Waals surface area (Å²) in [4.78, 5) is 28.3. The summed E-state index contributed by atoms with van der Waals surface area (Å²) >= 11 is 0. The molecule has 0 aliphatic heterocycles. The summed E-state index contributed by atoms with van der Waals surface area (Å²) in [5.74, 6) is -2.86. The molecule has 0 saturated heterocycles. The van der Waals surface area contributed by atoms with E-state index in [0.29, 0.717) is 30.3 Å². The van der Waals surface area contributed by atoms with Gasteiger partial charge in [-0.15, -0.1) is 25.6 Å². The smallest absolute Gasteiger partial charge is 0.744 e. The van der Waals surface area contributed by atoms with E-state index in [2.05, 4.69) is 30.7 Å². The molecule has 5 rings (SSSR count). The van der Waals surface area contributed by atoms with Crippen LogP contribution < -0.4 is 64.8 Å². The van der Waals surface area contributed by atoms with Crippen molar-refractivity contribution in [2.75, 3.05) is 5.73 Å². The minimum absolute atomic E-state index is 0. The fourth-order valence-corrected chi connectivity index (χ4v) is 5.78. The maximum absolute atomic E-state index is 12.2. The van der Waals surface area contributed by atoms with Crippen molar-refractivity contribution in [3.63, 3.8) is 0 Å². The third-order valence-electron chi connectivity index (χ3n) is 7.15.